The maximum Gasteiger partial charge on any atom is 0.237 e. The van der Waals surface area contributed by atoms with Gasteiger partial charge in [0.25, 0.3) is 0 Å². The molecule has 7 heteroatoms. The van der Waals surface area contributed by atoms with Crippen LogP contribution in [0.25, 0.3) is 0 Å². The van der Waals surface area contributed by atoms with Gasteiger partial charge in [0.05, 0.1) is 12.6 Å². The van der Waals surface area contributed by atoms with Crippen molar-refractivity contribution in [2.75, 3.05) is 32.7 Å². The number of nitrogens with one attached hydrogen (secondary N) is 3. The number of hydrogen-bond donors (Lipinski definition) is 3. The van der Waals surface area contributed by atoms with Crippen molar-refractivity contribution in [3.63, 3.8) is 0 Å². The Balaban J connectivity index is 0.00000261. The first-order chi connectivity index (χ1) is 12.7. The van der Waals surface area contributed by atoms with Crippen molar-refractivity contribution < 1.29 is 9.59 Å². The molecule has 3 N–H and O–H groups in total. The fraction of sp³-hybridized carbons (Fsp3) is 0.600. The first kappa shape index (κ1) is 21.7. The lowest BCUT2D eigenvalue weighted by molar-refractivity contribution is -0.124. The molecular formula is C20H31ClN4O2. The SMILES string of the molecule is Cl.O=C(CN1CCCC(CNC(=O)C2CCCN2)C1)NCc1ccccc1. The molecule has 2 fully saturated rings. The number of halogens is 1. The molecule has 3 rings (SSSR count). The van der Waals surface area contributed by atoms with E-state index in [0.717, 1.165) is 50.9 Å². The van der Waals surface area contributed by atoms with Gasteiger partial charge in [-0.3, -0.25) is 14.5 Å². The Labute approximate surface area is 167 Å². The highest BCUT2D eigenvalue weighted by atomic mass is 35.5. The summed E-state index contributed by atoms with van der Waals surface area (Å²) in [4.78, 5) is 26.5. The first-order valence-corrected chi connectivity index (χ1v) is 9.75. The zero-order valence-electron chi connectivity index (χ0n) is 15.8. The van der Waals surface area contributed by atoms with E-state index in [0.29, 0.717) is 25.6 Å². The maximum atomic E-state index is 12.2. The zero-order valence-corrected chi connectivity index (χ0v) is 16.6. The van der Waals surface area contributed by atoms with E-state index in [2.05, 4.69) is 20.9 Å². The van der Waals surface area contributed by atoms with Crippen molar-refractivity contribution in [1.29, 1.82) is 0 Å². The van der Waals surface area contributed by atoms with Crippen LogP contribution in [0.15, 0.2) is 30.3 Å². The Hall–Kier alpha value is -1.63. The Kier molecular flexibility index (Phi) is 9.04. The normalized spacial score (nSPS) is 22.7. The van der Waals surface area contributed by atoms with Crippen LogP contribution in [0, 0.1) is 5.92 Å². The van der Waals surface area contributed by atoms with E-state index in [1.807, 2.05) is 30.3 Å². The lowest BCUT2D eigenvalue weighted by Gasteiger charge is -2.32. The van der Waals surface area contributed by atoms with Crippen molar-refractivity contribution in [3.05, 3.63) is 35.9 Å². The van der Waals surface area contributed by atoms with Gasteiger partial charge in [-0.15, -0.1) is 12.4 Å². The molecule has 0 radical (unpaired) electrons. The molecule has 1 aromatic carbocycles. The summed E-state index contributed by atoms with van der Waals surface area (Å²) in [6.07, 6.45) is 4.20. The van der Waals surface area contributed by atoms with Crippen LogP contribution in [0.3, 0.4) is 0 Å². The van der Waals surface area contributed by atoms with E-state index in [1.54, 1.807) is 0 Å². The molecule has 2 amide bonds. The number of piperidine rings is 1. The summed E-state index contributed by atoms with van der Waals surface area (Å²) in [5, 5.41) is 9.31. The second kappa shape index (κ2) is 11.3. The Bertz CT molecular complexity index is 593. The van der Waals surface area contributed by atoms with Gasteiger partial charge in [-0.25, -0.2) is 0 Å². The molecule has 1 aromatic rings. The topological polar surface area (TPSA) is 73.5 Å². The predicted octanol–water partition coefficient (Wildman–Crippen LogP) is 1.30. The van der Waals surface area contributed by atoms with Crippen LogP contribution in [0.2, 0.25) is 0 Å². The van der Waals surface area contributed by atoms with Gasteiger partial charge in [0.1, 0.15) is 0 Å². The average Bonchev–Trinajstić information content (AvgIpc) is 3.20. The predicted molar refractivity (Wildman–Crippen MR) is 109 cm³/mol. The third-order valence-corrected chi connectivity index (χ3v) is 5.24. The van der Waals surface area contributed by atoms with Crippen LogP contribution in [-0.2, 0) is 16.1 Å². The van der Waals surface area contributed by atoms with E-state index in [-0.39, 0.29) is 30.3 Å². The summed E-state index contributed by atoms with van der Waals surface area (Å²) in [5.74, 6) is 0.616. The minimum atomic E-state index is -0.0153. The third kappa shape index (κ3) is 7.13. The summed E-state index contributed by atoms with van der Waals surface area (Å²) in [6.45, 7) is 4.47. The molecule has 2 saturated heterocycles. The van der Waals surface area contributed by atoms with Crippen LogP contribution in [-0.4, -0.2) is 55.5 Å². The third-order valence-electron chi connectivity index (χ3n) is 5.24. The van der Waals surface area contributed by atoms with E-state index in [1.165, 1.54) is 0 Å². The minimum absolute atomic E-state index is 0. The van der Waals surface area contributed by atoms with Crippen LogP contribution in [0.5, 0.6) is 0 Å². The summed E-state index contributed by atoms with van der Waals surface area (Å²) < 4.78 is 0. The Morgan fingerprint density at radius 1 is 1.11 bits per heavy atom. The molecule has 2 aliphatic heterocycles. The first-order valence-electron chi connectivity index (χ1n) is 9.75. The van der Waals surface area contributed by atoms with Crippen LogP contribution < -0.4 is 16.0 Å². The lowest BCUT2D eigenvalue weighted by atomic mass is 9.98. The van der Waals surface area contributed by atoms with E-state index < -0.39 is 0 Å². The fourth-order valence-electron chi connectivity index (χ4n) is 3.79. The van der Waals surface area contributed by atoms with Crippen LogP contribution in [0.1, 0.15) is 31.2 Å². The molecule has 6 nitrogen and oxygen atoms in total. The smallest absolute Gasteiger partial charge is 0.237 e. The lowest BCUT2D eigenvalue weighted by Crippen LogP contribution is -2.47. The number of amides is 2. The highest BCUT2D eigenvalue weighted by Crippen LogP contribution is 2.15. The summed E-state index contributed by atoms with van der Waals surface area (Å²) in [5.41, 5.74) is 1.11. The van der Waals surface area contributed by atoms with E-state index >= 15 is 0 Å². The van der Waals surface area contributed by atoms with Gasteiger partial charge < -0.3 is 16.0 Å². The molecule has 0 saturated carbocycles. The quantitative estimate of drug-likeness (QED) is 0.651. The van der Waals surface area contributed by atoms with Gasteiger partial charge in [0.15, 0.2) is 0 Å². The van der Waals surface area contributed by atoms with Gasteiger partial charge in [0.2, 0.25) is 11.8 Å². The Morgan fingerprint density at radius 2 is 1.93 bits per heavy atom. The average molecular weight is 395 g/mol. The number of benzene rings is 1. The number of carbonyl (C=O) groups excluding carboxylic acids is 2. The van der Waals surface area contributed by atoms with Gasteiger partial charge in [-0.05, 0) is 50.3 Å². The summed E-state index contributed by atoms with van der Waals surface area (Å²) in [6, 6.07) is 9.94. The molecule has 27 heavy (non-hydrogen) atoms. The number of carbonyl (C=O) groups is 2. The molecule has 0 bridgehead atoms. The summed E-state index contributed by atoms with van der Waals surface area (Å²) >= 11 is 0. The van der Waals surface area contributed by atoms with Gasteiger partial charge >= 0.3 is 0 Å². The Morgan fingerprint density at radius 3 is 2.67 bits per heavy atom. The molecule has 2 heterocycles. The number of nitrogens with zero attached hydrogens (tertiary/aromatic N) is 1. The van der Waals surface area contributed by atoms with Crippen molar-refractivity contribution in [2.45, 2.75) is 38.3 Å². The van der Waals surface area contributed by atoms with Gasteiger partial charge in [-0.1, -0.05) is 30.3 Å². The second-order valence-electron chi connectivity index (χ2n) is 7.40. The monoisotopic (exact) mass is 394 g/mol. The molecule has 0 spiro atoms. The van der Waals surface area contributed by atoms with Gasteiger partial charge in [-0.2, -0.15) is 0 Å². The standard InChI is InChI=1S/C20H30N4O2.ClH/c25-19(22-12-16-6-2-1-3-7-16)15-24-11-5-8-17(14-24)13-23-20(26)18-9-4-10-21-18;/h1-3,6-7,17-18,21H,4-5,8-15H2,(H,22,25)(H,23,26);1H. The highest BCUT2D eigenvalue weighted by molar-refractivity contribution is 5.85. The number of hydrogen-bond acceptors (Lipinski definition) is 4. The highest BCUT2D eigenvalue weighted by Gasteiger charge is 2.25. The largest absolute Gasteiger partial charge is 0.354 e. The van der Waals surface area contributed by atoms with Crippen molar-refractivity contribution in [2.24, 2.45) is 5.92 Å². The maximum absolute atomic E-state index is 12.2. The van der Waals surface area contributed by atoms with Crippen molar-refractivity contribution in [1.82, 2.24) is 20.9 Å². The van der Waals surface area contributed by atoms with E-state index in [9.17, 15) is 9.59 Å². The second-order valence-corrected chi connectivity index (χ2v) is 7.40. The van der Waals surface area contributed by atoms with Crippen molar-refractivity contribution >= 4 is 24.2 Å². The van der Waals surface area contributed by atoms with E-state index in [4.69, 9.17) is 0 Å². The number of rotatable bonds is 7. The van der Waals surface area contributed by atoms with Crippen LogP contribution in [0.4, 0.5) is 0 Å². The summed E-state index contributed by atoms with van der Waals surface area (Å²) in [7, 11) is 0. The zero-order chi connectivity index (χ0) is 18.2. The molecular weight excluding hydrogens is 364 g/mol. The fourth-order valence-corrected chi connectivity index (χ4v) is 3.79. The van der Waals surface area contributed by atoms with Crippen molar-refractivity contribution in [3.8, 4) is 0 Å². The molecule has 2 unspecified atom stereocenters. The molecule has 0 aliphatic carbocycles. The molecule has 150 valence electrons. The number of likely N-dealkylation sites (tertiary alicyclic amines) is 1. The molecule has 2 atom stereocenters. The molecule has 0 aromatic heterocycles. The van der Waals surface area contributed by atoms with Crippen LogP contribution >= 0.6 is 12.4 Å². The molecule has 2 aliphatic rings. The van der Waals surface area contributed by atoms with Gasteiger partial charge in [0, 0.05) is 19.6 Å². The minimum Gasteiger partial charge on any atom is -0.354 e.